The normalized spacial score (nSPS) is 16.0. The van der Waals surface area contributed by atoms with E-state index in [1.165, 1.54) is 11.4 Å². The number of para-hydroxylation sites is 2. The van der Waals surface area contributed by atoms with Gasteiger partial charge in [0.1, 0.15) is 24.7 Å². The van der Waals surface area contributed by atoms with Crippen molar-refractivity contribution in [3.05, 3.63) is 180 Å². The molecule has 0 aliphatic carbocycles. The van der Waals surface area contributed by atoms with Gasteiger partial charge in [-0.15, -0.1) is 0 Å². The first kappa shape index (κ1) is 37.4. The Bertz CT molecular complexity index is 2150. The van der Waals surface area contributed by atoms with Crippen LogP contribution in [0.4, 0.5) is 22.7 Å². The highest BCUT2D eigenvalue weighted by Crippen LogP contribution is 2.36. The number of rotatable bonds is 12. The summed E-state index contributed by atoms with van der Waals surface area (Å²) in [5.74, 6) is 1.63. The molecule has 3 aliphatic heterocycles. The van der Waals surface area contributed by atoms with Gasteiger partial charge in [-0.05, 0) is 60.7 Å². The van der Waals surface area contributed by atoms with Gasteiger partial charge in [0.15, 0.2) is 0 Å². The minimum absolute atomic E-state index is 0.607. The van der Waals surface area contributed by atoms with E-state index in [0.29, 0.717) is 13.2 Å². The van der Waals surface area contributed by atoms with E-state index in [9.17, 15) is 0 Å². The monoisotopic (exact) mass is 766 g/mol. The summed E-state index contributed by atoms with van der Waals surface area (Å²) in [4.78, 5) is 20.8. The smallest absolute Gasteiger partial charge is 0.120 e. The van der Waals surface area contributed by atoms with Gasteiger partial charge in [-0.1, -0.05) is 97.1 Å². The predicted octanol–water partition coefficient (Wildman–Crippen LogP) is 8.74. The SMILES string of the molecule is c1ccc(C2=Nc3ccc(OCCN4CCN(c5ccccc5)CC4)cc3C(c3ccccc3)=Nc3ccc(OCCN4CCN(c5ccccc5)CC4)cc32)cc1. The molecule has 292 valence electrons. The lowest BCUT2D eigenvalue weighted by Crippen LogP contribution is -2.47. The predicted molar refractivity (Wildman–Crippen MR) is 238 cm³/mol. The summed E-state index contributed by atoms with van der Waals surface area (Å²) in [6, 6.07) is 54.6. The molecular formula is C50H50N6O2. The van der Waals surface area contributed by atoms with E-state index in [0.717, 1.165) is 122 Å². The zero-order valence-corrected chi connectivity index (χ0v) is 33.0. The van der Waals surface area contributed by atoms with Crippen LogP contribution >= 0.6 is 0 Å². The maximum atomic E-state index is 6.46. The highest BCUT2D eigenvalue weighted by atomic mass is 16.5. The van der Waals surface area contributed by atoms with E-state index in [1.54, 1.807) is 0 Å². The Morgan fingerprint density at radius 2 is 0.759 bits per heavy atom. The summed E-state index contributed by atoms with van der Waals surface area (Å²) in [5.41, 5.74) is 9.92. The van der Waals surface area contributed by atoms with Gasteiger partial charge in [0.05, 0.1) is 22.8 Å². The number of fused-ring (bicyclic) bond motifs is 2. The van der Waals surface area contributed by atoms with Gasteiger partial charge in [-0.2, -0.15) is 0 Å². The highest BCUT2D eigenvalue weighted by molar-refractivity contribution is 6.22. The first-order chi connectivity index (χ1) is 28.7. The maximum Gasteiger partial charge on any atom is 0.120 e. The number of benzene rings is 6. The van der Waals surface area contributed by atoms with Crippen molar-refractivity contribution in [3.63, 3.8) is 0 Å². The second-order valence-electron chi connectivity index (χ2n) is 15.0. The van der Waals surface area contributed by atoms with Crippen molar-refractivity contribution in [2.75, 3.05) is 88.5 Å². The molecule has 3 heterocycles. The van der Waals surface area contributed by atoms with Crippen LogP contribution in [0.3, 0.4) is 0 Å². The van der Waals surface area contributed by atoms with Crippen LogP contribution in [0, 0.1) is 0 Å². The summed E-state index contributed by atoms with van der Waals surface area (Å²) in [7, 11) is 0. The summed E-state index contributed by atoms with van der Waals surface area (Å²) < 4.78 is 12.9. The molecule has 0 unspecified atom stereocenters. The Balaban J connectivity index is 0.937. The molecule has 2 saturated heterocycles. The maximum absolute atomic E-state index is 6.46. The first-order valence-electron chi connectivity index (χ1n) is 20.6. The van der Waals surface area contributed by atoms with Crippen LogP contribution in [0.2, 0.25) is 0 Å². The topological polar surface area (TPSA) is 56.1 Å². The van der Waals surface area contributed by atoms with E-state index in [1.807, 2.05) is 24.3 Å². The van der Waals surface area contributed by atoms with Gasteiger partial charge in [-0.25, -0.2) is 9.98 Å². The second-order valence-corrected chi connectivity index (χ2v) is 15.0. The Labute approximate surface area is 342 Å². The molecule has 6 aromatic carbocycles. The molecule has 8 nitrogen and oxygen atoms in total. The van der Waals surface area contributed by atoms with Gasteiger partial charge >= 0.3 is 0 Å². The molecule has 0 atom stereocenters. The fourth-order valence-corrected chi connectivity index (χ4v) is 8.10. The average molecular weight is 767 g/mol. The standard InChI is InChI=1S/C50H50N6O2/c1-5-13-39(14-6-1)49-45-37-43(57-35-33-53-25-29-55(30-26-53)41-17-9-3-10-18-41)21-23-47(45)52-50(40-15-7-2-8-16-40)46-38-44(22-24-48(46)51-49)58-36-34-54-27-31-56(32-28-54)42-19-11-4-12-20-42/h1-24,37-38H,25-36H2. The minimum Gasteiger partial charge on any atom is -0.492 e. The Morgan fingerprint density at radius 3 is 1.14 bits per heavy atom. The Kier molecular flexibility index (Phi) is 11.5. The van der Waals surface area contributed by atoms with E-state index < -0.39 is 0 Å². The molecule has 0 radical (unpaired) electrons. The fraction of sp³-hybridized carbons (Fsp3) is 0.240. The lowest BCUT2D eigenvalue weighted by molar-refractivity contribution is 0.200. The van der Waals surface area contributed by atoms with Crippen molar-refractivity contribution in [3.8, 4) is 11.5 Å². The number of ether oxygens (including phenoxy) is 2. The zero-order chi connectivity index (χ0) is 38.9. The molecular weight excluding hydrogens is 717 g/mol. The van der Waals surface area contributed by atoms with Crippen LogP contribution in [0.5, 0.6) is 11.5 Å². The second kappa shape index (κ2) is 17.9. The molecule has 0 spiro atoms. The van der Waals surface area contributed by atoms with Gasteiger partial charge < -0.3 is 19.3 Å². The van der Waals surface area contributed by atoms with Crippen molar-refractivity contribution in [1.29, 1.82) is 0 Å². The molecule has 3 aliphatic rings. The number of anilines is 2. The quantitative estimate of drug-likeness (QED) is 0.124. The van der Waals surface area contributed by atoms with Gasteiger partial charge in [0.2, 0.25) is 0 Å². The van der Waals surface area contributed by atoms with Crippen LogP contribution in [0.1, 0.15) is 22.3 Å². The minimum atomic E-state index is 0.607. The molecule has 2 fully saturated rings. The van der Waals surface area contributed by atoms with Crippen LogP contribution in [0.25, 0.3) is 0 Å². The van der Waals surface area contributed by atoms with Crippen molar-refractivity contribution in [2.24, 2.45) is 9.98 Å². The van der Waals surface area contributed by atoms with Crippen LogP contribution in [-0.2, 0) is 0 Å². The number of hydrogen-bond acceptors (Lipinski definition) is 8. The van der Waals surface area contributed by atoms with Gasteiger partial charge in [0, 0.05) is 99.1 Å². The number of piperazine rings is 2. The summed E-state index contributed by atoms with van der Waals surface area (Å²) >= 11 is 0. The van der Waals surface area contributed by atoms with Crippen molar-refractivity contribution >= 4 is 34.2 Å². The van der Waals surface area contributed by atoms with Crippen molar-refractivity contribution in [1.82, 2.24) is 9.80 Å². The average Bonchev–Trinajstić information content (AvgIpc) is 3.29. The summed E-state index contributed by atoms with van der Waals surface area (Å²) in [6.45, 7) is 11.1. The number of aliphatic imine (C=N–C) groups is 2. The lowest BCUT2D eigenvalue weighted by Gasteiger charge is -2.36. The van der Waals surface area contributed by atoms with Gasteiger partial charge in [0.25, 0.3) is 0 Å². The van der Waals surface area contributed by atoms with Crippen molar-refractivity contribution in [2.45, 2.75) is 0 Å². The number of hydrogen-bond donors (Lipinski definition) is 0. The molecule has 0 N–H and O–H groups in total. The molecule has 0 amide bonds. The zero-order valence-electron chi connectivity index (χ0n) is 33.0. The largest absolute Gasteiger partial charge is 0.492 e. The molecule has 0 saturated carbocycles. The molecule has 0 bridgehead atoms. The third-order valence-corrected chi connectivity index (χ3v) is 11.3. The van der Waals surface area contributed by atoms with E-state index in [2.05, 4.69) is 153 Å². The van der Waals surface area contributed by atoms with Crippen molar-refractivity contribution < 1.29 is 9.47 Å². The third-order valence-electron chi connectivity index (χ3n) is 11.3. The lowest BCUT2D eigenvalue weighted by atomic mass is 9.95. The third kappa shape index (κ3) is 8.84. The summed E-state index contributed by atoms with van der Waals surface area (Å²) in [6.07, 6.45) is 0. The van der Waals surface area contributed by atoms with E-state index in [-0.39, 0.29) is 0 Å². The van der Waals surface area contributed by atoms with Crippen LogP contribution in [0.15, 0.2) is 168 Å². The van der Waals surface area contributed by atoms with E-state index in [4.69, 9.17) is 19.5 Å². The van der Waals surface area contributed by atoms with Crippen LogP contribution < -0.4 is 19.3 Å². The molecule has 58 heavy (non-hydrogen) atoms. The van der Waals surface area contributed by atoms with E-state index >= 15 is 0 Å². The molecule has 9 rings (SSSR count). The Hall–Kier alpha value is -6.22. The van der Waals surface area contributed by atoms with Gasteiger partial charge in [-0.3, -0.25) is 9.80 Å². The highest BCUT2D eigenvalue weighted by Gasteiger charge is 2.23. The molecule has 8 heteroatoms. The summed E-state index contributed by atoms with van der Waals surface area (Å²) in [5, 5.41) is 0. The Morgan fingerprint density at radius 1 is 0.397 bits per heavy atom. The fourth-order valence-electron chi connectivity index (χ4n) is 8.10. The molecule has 0 aromatic heterocycles. The molecule has 6 aromatic rings. The van der Waals surface area contributed by atoms with Crippen LogP contribution in [-0.4, -0.2) is 99.9 Å². The number of nitrogens with zero attached hydrogens (tertiary/aromatic N) is 6. The first-order valence-corrected chi connectivity index (χ1v) is 20.6.